The Hall–Kier alpha value is -0.710. The van der Waals surface area contributed by atoms with Crippen molar-refractivity contribution in [3.8, 4) is 0 Å². The van der Waals surface area contributed by atoms with E-state index in [1.165, 1.54) is 31.4 Å². The zero-order valence-electron chi connectivity index (χ0n) is 10.8. The molecule has 0 aromatic heterocycles. The number of ether oxygens (including phenoxy) is 1. The maximum Gasteiger partial charge on any atom is 0.126 e. The van der Waals surface area contributed by atoms with Crippen molar-refractivity contribution in [3.05, 3.63) is 35.4 Å². The summed E-state index contributed by atoms with van der Waals surface area (Å²) in [6.07, 6.45) is 4.67. The van der Waals surface area contributed by atoms with Gasteiger partial charge in [-0.3, -0.25) is 0 Å². The van der Waals surface area contributed by atoms with Crippen LogP contribution in [0.2, 0.25) is 0 Å². The average Bonchev–Trinajstić information content (AvgIpc) is 2.35. The lowest BCUT2D eigenvalue weighted by molar-refractivity contribution is 0.108. The topological polar surface area (TPSA) is 21.3 Å². The van der Waals surface area contributed by atoms with E-state index in [1.54, 1.807) is 0 Å². The summed E-state index contributed by atoms with van der Waals surface area (Å²) in [6.45, 7) is 1.97. The third-order valence-corrected chi connectivity index (χ3v) is 3.21. The van der Waals surface area contributed by atoms with Crippen LogP contribution in [0.15, 0.2) is 18.2 Å². The molecule has 1 fully saturated rings. The summed E-state index contributed by atoms with van der Waals surface area (Å²) in [4.78, 5) is 0. The van der Waals surface area contributed by atoms with Crippen LogP contribution < -0.4 is 5.32 Å². The smallest absolute Gasteiger partial charge is 0.126 e. The Balaban J connectivity index is 0.00000180. The fourth-order valence-corrected chi connectivity index (χ4v) is 2.28. The summed E-state index contributed by atoms with van der Waals surface area (Å²) >= 11 is 0. The molecular weight excluding hydrogens is 272 g/mol. The Kier molecular flexibility index (Phi) is 7.28. The normalized spacial score (nSPS) is 18.9. The number of hydrogen-bond acceptors (Lipinski definition) is 2. The van der Waals surface area contributed by atoms with Crippen LogP contribution in [0.5, 0.6) is 0 Å². The maximum atomic E-state index is 12.9. The minimum Gasteiger partial charge on any atom is -0.377 e. The Bertz CT molecular complexity index is 363. The summed E-state index contributed by atoms with van der Waals surface area (Å²) in [6, 6.07) is 4.02. The molecule has 0 aliphatic carbocycles. The van der Waals surface area contributed by atoms with Gasteiger partial charge in [-0.15, -0.1) is 12.4 Å². The summed E-state index contributed by atoms with van der Waals surface area (Å²) in [5.41, 5.74) is 0.545. The second-order valence-electron chi connectivity index (χ2n) is 4.77. The largest absolute Gasteiger partial charge is 0.377 e. The van der Waals surface area contributed by atoms with E-state index in [0.29, 0.717) is 18.2 Å². The first kappa shape index (κ1) is 16.3. The molecule has 1 saturated heterocycles. The summed E-state index contributed by atoms with van der Waals surface area (Å²) in [5, 5.41) is 3.44. The van der Waals surface area contributed by atoms with Crippen LogP contribution in [0.25, 0.3) is 0 Å². The summed E-state index contributed by atoms with van der Waals surface area (Å²) < 4.78 is 31.3. The molecule has 5 heteroatoms. The van der Waals surface area contributed by atoms with Crippen molar-refractivity contribution in [2.45, 2.75) is 38.3 Å². The number of benzene rings is 1. The van der Waals surface area contributed by atoms with Crippen molar-refractivity contribution in [1.82, 2.24) is 5.32 Å². The van der Waals surface area contributed by atoms with Crippen LogP contribution in [0.4, 0.5) is 8.78 Å². The van der Waals surface area contributed by atoms with Gasteiger partial charge in [0.05, 0.1) is 6.61 Å². The van der Waals surface area contributed by atoms with E-state index in [-0.39, 0.29) is 19.0 Å². The predicted molar refractivity (Wildman–Crippen MR) is 73.5 cm³/mol. The van der Waals surface area contributed by atoms with E-state index in [2.05, 4.69) is 5.32 Å². The molecule has 108 valence electrons. The molecule has 1 aliphatic heterocycles. The Morgan fingerprint density at radius 2 is 1.89 bits per heavy atom. The van der Waals surface area contributed by atoms with E-state index in [4.69, 9.17) is 4.74 Å². The van der Waals surface area contributed by atoms with Gasteiger partial charge in [-0.1, -0.05) is 6.42 Å². The van der Waals surface area contributed by atoms with Gasteiger partial charge in [0.2, 0.25) is 0 Å². The monoisotopic (exact) mass is 291 g/mol. The van der Waals surface area contributed by atoms with Crippen LogP contribution >= 0.6 is 12.4 Å². The summed E-state index contributed by atoms with van der Waals surface area (Å²) in [7, 11) is 0. The van der Waals surface area contributed by atoms with Gasteiger partial charge in [0, 0.05) is 18.7 Å². The molecule has 1 aromatic rings. The van der Waals surface area contributed by atoms with Crippen LogP contribution in [-0.4, -0.2) is 19.2 Å². The van der Waals surface area contributed by atoms with Crippen LogP contribution in [0.1, 0.15) is 31.2 Å². The first-order valence-electron chi connectivity index (χ1n) is 6.50. The van der Waals surface area contributed by atoms with Gasteiger partial charge in [0.1, 0.15) is 11.6 Å². The molecule has 1 unspecified atom stereocenters. The van der Waals surface area contributed by atoms with Gasteiger partial charge in [-0.25, -0.2) is 8.78 Å². The van der Waals surface area contributed by atoms with Crippen LogP contribution in [0, 0.1) is 11.6 Å². The molecule has 2 nitrogen and oxygen atoms in total. The molecular formula is C14H20ClF2NO. The Morgan fingerprint density at radius 1 is 1.16 bits per heavy atom. The van der Waals surface area contributed by atoms with E-state index >= 15 is 0 Å². The van der Waals surface area contributed by atoms with Crippen molar-refractivity contribution >= 4 is 12.4 Å². The Labute approximate surface area is 118 Å². The first-order chi connectivity index (χ1) is 8.74. The third-order valence-electron chi connectivity index (χ3n) is 3.21. The molecule has 1 aromatic carbocycles. The number of halogens is 3. The molecule has 0 spiro atoms. The third kappa shape index (κ3) is 5.85. The Morgan fingerprint density at radius 3 is 2.53 bits per heavy atom. The van der Waals surface area contributed by atoms with Gasteiger partial charge in [0.15, 0.2) is 0 Å². The number of nitrogens with one attached hydrogen (secondary N) is 1. The molecule has 19 heavy (non-hydrogen) atoms. The lowest BCUT2D eigenvalue weighted by atomic mass is 10.0. The van der Waals surface area contributed by atoms with E-state index in [0.717, 1.165) is 19.0 Å². The lowest BCUT2D eigenvalue weighted by Crippen LogP contribution is -2.34. The summed E-state index contributed by atoms with van der Waals surface area (Å²) in [5.74, 6) is -1.11. The number of rotatable bonds is 5. The van der Waals surface area contributed by atoms with Crippen LogP contribution in [0.3, 0.4) is 0 Å². The van der Waals surface area contributed by atoms with Gasteiger partial charge >= 0.3 is 0 Å². The second-order valence-corrected chi connectivity index (χ2v) is 4.77. The predicted octanol–water partition coefficient (Wildman–Crippen LogP) is 3.44. The van der Waals surface area contributed by atoms with Gasteiger partial charge in [-0.2, -0.15) is 0 Å². The van der Waals surface area contributed by atoms with E-state index in [9.17, 15) is 8.78 Å². The number of hydrogen-bond donors (Lipinski definition) is 1. The average molecular weight is 292 g/mol. The fourth-order valence-electron chi connectivity index (χ4n) is 2.28. The highest BCUT2D eigenvalue weighted by Crippen LogP contribution is 2.12. The highest BCUT2D eigenvalue weighted by Gasteiger charge is 2.11. The fraction of sp³-hybridized carbons (Fsp3) is 0.571. The quantitative estimate of drug-likeness (QED) is 0.839. The molecule has 0 bridgehead atoms. The second kappa shape index (κ2) is 8.46. The van der Waals surface area contributed by atoms with Crippen molar-refractivity contribution < 1.29 is 13.5 Å². The standard InChI is InChI=1S/C14H19F2NO.ClH/c15-12-7-11(8-13(16)9-12)10-18-6-4-14-3-1-2-5-17-14;/h7-9,14,17H,1-6,10H2;1H. The van der Waals surface area contributed by atoms with Crippen LogP contribution in [-0.2, 0) is 11.3 Å². The van der Waals surface area contributed by atoms with Gasteiger partial charge in [0.25, 0.3) is 0 Å². The maximum absolute atomic E-state index is 12.9. The van der Waals surface area contributed by atoms with E-state index < -0.39 is 11.6 Å². The highest BCUT2D eigenvalue weighted by molar-refractivity contribution is 5.85. The zero-order chi connectivity index (χ0) is 12.8. The van der Waals surface area contributed by atoms with Gasteiger partial charge in [-0.05, 0) is 43.5 Å². The molecule has 2 rings (SSSR count). The SMILES string of the molecule is Cl.Fc1cc(F)cc(COCCC2CCCCN2)c1. The van der Waals surface area contributed by atoms with Crippen molar-refractivity contribution in [3.63, 3.8) is 0 Å². The molecule has 0 radical (unpaired) electrons. The first-order valence-corrected chi connectivity index (χ1v) is 6.50. The highest BCUT2D eigenvalue weighted by atomic mass is 35.5. The molecule has 0 saturated carbocycles. The van der Waals surface area contributed by atoms with E-state index in [1.807, 2.05) is 0 Å². The molecule has 0 amide bonds. The zero-order valence-corrected chi connectivity index (χ0v) is 11.6. The molecule has 1 atom stereocenters. The molecule has 1 aliphatic rings. The lowest BCUT2D eigenvalue weighted by Gasteiger charge is -2.23. The minimum absolute atomic E-state index is 0. The molecule has 1 heterocycles. The minimum atomic E-state index is -0.553. The van der Waals surface area contributed by atoms with Gasteiger partial charge < -0.3 is 10.1 Å². The van der Waals surface area contributed by atoms with Crippen molar-refractivity contribution in [1.29, 1.82) is 0 Å². The molecule has 1 N–H and O–H groups in total. The number of piperidine rings is 1. The van der Waals surface area contributed by atoms with Crippen molar-refractivity contribution in [2.24, 2.45) is 0 Å². The van der Waals surface area contributed by atoms with Crippen molar-refractivity contribution in [2.75, 3.05) is 13.2 Å².